The van der Waals surface area contributed by atoms with Crippen molar-refractivity contribution in [2.24, 2.45) is 0 Å². The zero-order chi connectivity index (χ0) is 22.7. The molecule has 0 aliphatic carbocycles. The fraction of sp³-hybridized carbons (Fsp3) is 0.0800. The predicted octanol–water partition coefficient (Wildman–Crippen LogP) is 4.85. The smallest absolute Gasteiger partial charge is 0.325 e. The summed E-state index contributed by atoms with van der Waals surface area (Å²) >= 11 is 5.83. The van der Waals surface area contributed by atoms with E-state index in [2.05, 4.69) is 34.9 Å². The van der Waals surface area contributed by atoms with Crippen molar-refractivity contribution < 1.29 is 14.4 Å². The highest BCUT2D eigenvalue weighted by molar-refractivity contribution is 6.30. The Morgan fingerprint density at radius 2 is 1.53 bits per heavy atom. The molecule has 32 heavy (non-hydrogen) atoms. The molecule has 1 aliphatic rings. The minimum Gasteiger partial charge on any atom is -0.325 e. The summed E-state index contributed by atoms with van der Waals surface area (Å²) in [6.45, 7) is 1.65. The monoisotopic (exact) mass is 445 g/mol. The summed E-state index contributed by atoms with van der Waals surface area (Å²) in [5.74, 6) is -1.04. The lowest BCUT2D eigenvalue weighted by atomic mass is 10.0. The number of hydrogen-bond donors (Lipinski definition) is 2. The van der Waals surface area contributed by atoms with E-state index in [-0.39, 0.29) is 5.70 Å². The molecular weight excluding hydrogens is 426 g/mol. The molecule has 160 valence electrons. The highest BCUT2D eigenvalue weighted by atomic mass is 35.5. The number of amides is 4. The number of urea groups is 1. The van der Waals surface area contributed by atoms with Gasteiger partial charge in [-0.1, -0.05) is 65.7 Å². The van der Waals surface area contributed by atoms with Crippen LogP contribution in [-0.2, 0) is 9.59 Å². The van der Waals surface area contributed by atoms with Crippen LogP contribution in [0.15, 0.2) is 78.5 Å². The van der Waals surface area contributed by atoms with Crippen molar-refractivity contribution in [1.29, 1.82) is 0 Å². The Morgan fingerprint density at radius 1 is 0.938 bits per heavy atom. The van der Waals surface area contributed by atoms with Crippen LogP contribution in [0.1, 0.15) is 11.1 Å². The Labute approximate surface area is 190 Å². The van der Waals surface area contributed by atoms with E-state index in [0.717, 1.165) is 21.6 Å². The summed E-state index contributed by atoms with van der Waals surface area (Å²) in [5.41, 5.74) is 4.74. The molecule has 1 fully saturated rings. The van der Waals surface area contributed by atoms with Gasteiger partial charge in [-0.25, -0.2) is 9.69 Å². The molecule has 0 unspecified atom stereocenters. The van der Waals surface area contributed by atoms with E-state index in [1.807, 2.05) is 31.2 Å². The summed E-state index contributed by atoms with van der Waals surface area (Å²) in [5, 5.41) is 5.71. The van der Waals surface area contributed by atoms with Gasteiger partial charge >= 0.3 is 6.03 Å². The minimum atomic E-state index is -0.635. The topological polar surface area (TPSA) is 78.5 Å². The maximum Gasteiger partial charge on any atom is 0.329 e. The van der Waals surface area contributed by atoms with E-state index in [1.165, 1.54) is 5.56 Å². The third-order valence-corrected chi connectivity index (χ3v) is 5.25. The number of carbonyl (C=O) groups excluding carboxylic acids is 3. The number of anilines is 1. The van der Waals surface area contributed by atoms with E-state index in [4.69, 9.17) is 11.6 Å². The van der Waals surface area contributed by atoms with Crippen LogP contribution < -0.4 is 10.6 Å². The van der Waals surface area contributed by atoms with Crippen molar-refractivity contribution in [2.45, 2.75) is 6.92 Å². The maximum absolute atomic E-state index is 12.7. The van der Waals surface area contributed by atoms with Crippen LogP contribution in [-0.4, -0.2) is 29.3 Å². The molecule has 1 aliphatic heterocycles. The first-order valence-corrected chi connectivity index (χ1v) is 10.3. The Bertz CT molecular complexity index is 1200. The molecule has 0 spiro atoms. The van der Waals surface area contributed by atoms with E-state index in [9.17, 15) is 14.4 Å². The number of nitrogens with one attached hydrogen (secondary N) is 2. The molecule has 0 atom stereocenters. The van der Waals surface area contributed by atoms with Gasteiger partial charge in [-0.15, -0.1) is 0 Å². The van der Waals surface area contributed by atoms with Gasteiger partial charge in [0.15, 0.2) is 0 Å². The number of aryl methyl sites for hydroxylation is 1. The van der Waals surface area contributed by atoms with Gasteiger partial charge in [0, 0.05) is 10.7 Å². The summed E-state index contributed by atoms with van der Waals surface area (Å²) in [4.78, 5) is 38.0. The molecule has 7 heteroatoms. The lowest BCUT2D eigenvalue weighted by Crippen LogP contribution is -2.38. The molecule has 0 radical (unpaired) electrons. The zero-order valence-electron chi connectivity index (χ0n) is 17.3. The van der Waals surface area contributed by atoms with E-state index in [0.29, 0.717) is 10.7 Å². The fourth-order valence-corrected chi connectivity index (χ4v) is 3.40. The van der Waals surface area contributed by atoms with Crippen molar-refractivity contribution in [3.63, 3.8) is 0 Å². The molecule has 2 N–H and O–H groups in total. The molecule has 3 aromatic rings. The van der Waals surface area contributed by atoms with Crippen LogP contribution in [0, 0.1) is 6.92 Å². The molecule has 1 saturated heterocycles. The number of benzene rings is 3. The number of halogens is 1. The number of nitrogens with zero attached hydrogens (tertiary/aromatic N) is 1. The average molecular weight is 446 g/mol. The van der Waals surface area contributed by atoms with Crippen molar-refractivity contribution >= 4 is 41.2 Å². The minimum absolute atomic E-state index is 0.123. The van der Waals surface area contributed by atoms with Crippen LogP contribution >= 0.6 is 11.6 Å². The van der Waals surface area contributed by atoms with Crippen molar-refractivity contribution in [3.8, 4) is 11.1 Å². The first-order chi connectivity index (χ1) is 15.4. The normalized spacial score (nSPS) is 14.6. The fourth-order valence-electron chi connectivity index (χ4n) is 3.28. The number of hydrogen-bond acceptors (Lipinski definition) is 3. The molecule has 6 nitrogen and oxygen atoms in total. The van der Waals surface area contributed by atoms with Gasteiger partial charge in [0.05, 0.1) is 0 Å². The van der Waals surface area contributed by atoms with E-state index < -0.39 is 24.4 Å². The zero-order valence-corrected chi connectivity index (χ0v) is 18.0. The number of imide groups is 1. The Balaban J connectivity index is 1.43. The second-order valence-electron chi connectivity index (χ2n) is 7.42. The van der Waals surface area contributed by atoms with Gasteiger partial charge in [0.1, 0.15) is 12.2 Å². The van der Waals surface area contributed by atoms with Gasteiger partial charge < -0.3 is 10.6 Å². The van der Waals surface area contributed by atoms with Crippen LogP contribution in [0.4, 0.5) is 10.5 Å². The standard InChI is InChI=1S/C25H20ClN3O3/c1-16-2-6-18(7-3-16)19-8-4-17(5-9-19)14-22-24(31)29(25(32)28-22)15-23(30)27-21-12-10-20(26)11-13-21/h2-14H,15H2,1H3,(H,27,30)(H,28,32)/b22-14-. The maximum atomic E-state index is 12.7. The van der Waals surface area contributed by atoms with E-state index in [1.54, 1.807) is 30.3 Å². The highest BCUT2D eigenvalue weighted by Gasteiger charge is 2.34. The van der Waals surface area contributed by atoms with Crippen molar-refractivity contribution in [1.82, 2.24) is 10.2 Å². The SMILES string of the molecule is Cc1ccc(-c2ccc(/C=C3\NC(=O)N(CC(=O)Nc4ccc(Cl)cc4)C3=O)cc2)cc1. The second-order valence-corrected chi connectivity index (χ2v) is 7.86. The third kappa shape index (κ3) is 4.87. The summed E-state index contributed by atoms with van der Waals surface area (Å²) in [6.07, 6.45) is 1.59. The van der Waals surface area contributed by atoms with Crippen LogP contribution in [0.3, 0.4) is 0 Å². The van der Waals surface area contributed by atoms with Crippen LogP contribution in [0.25, 0.3) is 17.2 Å². The average Bonchev–Trinajstić information content (AvgIpc) is 3.04. The van der Waals surface area contributed by atoms with Crippen molar-refractivity contribution in [3.05, 3.63) is 94.6 Å². The van der Waals surface area contributed by atoms with Crippen LogP contribution in [0.2, 0.25) is 5.02 Å². The van der Waals surface area contributed by atoms with Gasteiger partial charge in [-0.05, 0) is 54.0 Å². The lowest BCUT2D eigenvalue weighted by molar-refractivity contribution is -0.127. The first-order valence-electron chi connectivity index (χ1n) is 9.96. The molecule has 0 bridgehead atoms. The van der Waals surface area contributed by atoms with Crippen LogP contribution in [0.5, 0.6) is 0 Å². The third-order valence-electron chi connectivity index (χ3n) is 5.00. The molecular formula is C25H20ClN3O3. The van der Waals surface area contributed by atoms with Gasteiger partial charge in [0.25, 0.3) is 5.91 Å². The number of rotatable bonds is 5. The van der Waals surface area contributed by atoms with E-state index >= 15 is 0 Å². The number of carbonyl (C=O) groups is 3. The quantitative estimate of drug-likeness (QED) is 0.435. The van der Waals surface area contributed by atoms with Crippen molar-refractivity contribution in [2.75, 3.05) is 11.9 Å². The molecule has 4 rings (SSSR count). The predicted molar refractivity (Wildman–Crippen MR) is 125 cm³/mol. The summed E-state index contributed by atoms with van der Waals surface area (Å²) in [7, 11) is 0. The lowest BCUT2D eigenvalue weighted by Gasteiger charge is -2.12. The first kappa shape index (κ1) is 21.3. The summed E-state index contributed by atoms with van der Waals surface area (Å²) in [6, 6.07) is 21.8. The molecule has 1 heterocycles. The molecule has 0 aromatic heterocycles. The Kier molecular flexibility index (Phi) is 6.05. The largest absolute Gasteiger partial charge is 0.329 e. The highest BCUT2D eigenvalue weighted by Crippen LogP contribution is 2.22. The Morgan fingerprint density at radius 3 is 2.16 bits per heavy atom. The second kappa shape index (κ2) is 9.08. The Hall–Kier alpha value is -3.90. The summed E-state index contributed by atoms with van der Waals surface area (Å²) < 4.78 is 0. The van der Waals surface area contributed by atoms with Gasteiger partial charge in [-0.3, -0.25) is 9.59 Å². The molecule has 3 aromatic carbocycles. The van der Waals surface area contributed by atoms with Gasteiger partial charge in [-0.2, -0.15) is 0 Å². The molecule has 4 amide bonds. The van der Waals surface area contributed by atoms with Gasteiger partial charge in [0.2, 0.25) is 5.91 Å². The molecule has 0 saturated carbocycles.